The fraction of sp³-hybridized carbons (Fsp3) is 0.562. The molecule has 0 bridgehead atoms. The molecule has 4 heteroatoms. The predicted octanol–water partition coefficient (Wildman–Crippen LogP) is 3.25. The van der Waals surface area contributed by atoms with Crippen molar-refractivity contribution in [2.45, 2.75) is 45.7 Å². The summed E-state index contributed by atoms with van der Waals surface area (Å²) in [7, 11) is 0. The Bertz CT molecular complexity index is 489. The first-order valence-corrected chi connectivity index (χ1v) is 7.75. The molecule has 1 aromatic carbocycles. The number of carbonyl (C=O) groups is 1. The van der Waals surface area contributed by atoms with Gasteiger partial charge in [-0.3, -0.25) is 4.79 Å². The number of rotatable bonds is 3. The number of hydrogen-bond donors (Lipinski definition) is 1. The van der Waals surface area contributed by atoms with E-state index in [2.05, 4.69) is 19.2 Å². The summed E-state index contributed by atoms with van der Waals surface area (Å²) in [4.78, 5) is 14.8. The average molecular weight is 295 g/mol. The van der Waals surface area contributed by atoms with E-state index in [9.17, 15) is 4.79 Å². The van der Waals surface area contributed by atoms with Gasteiger partial charge in [0, 0.05) is 35.8 Å². The molecule has 1 fully saturated rings. The van der Waals surface area contributed by atoms with Crippen molar-refractivity contribution in [1.29, 1.82) is 0 Å². The lowest BCUT2D eigenvalue weighted by molar-refractivity contribution is 0.0575. The molecule has 2 unspecified atom stereocenters. The van der Waals surface area contributed by atoms with Crippen molar-refractivity contribution in [3.8, 4) is 0 Å². The van der Waals surface area contributed by atoms with E-state index in [-0.39, 0.29) is 11.9 Å². The molecule has 2 rings (SSSR count). The lowest BCUT2D eigenvalue weighted by atomic mass is 10.0. The normalized spacial score (nSPS) is 22.9. The zero-order chi connectivity index (χ0) is 14.7. The summed E-state index contributed by atoms with van der Waals surface area (Å²) < 4.78 is 0. The molecule has 20 heavy (non-hydrogen) atoms. The molecule has 1 saturated heterocycles. The maximum Gasteiger partial charge on any atom is 0.254 e. The van der Waals surface area contributed by atoms with Crippen LogP contribution in [0.5, 0.6) is 0 Å². The molecule has 0 saturated carbocycles. The summed E-state index contributed by atoms with van der Waals surface area (Å²) in [6, 6.07) is 6.17. The fourth-order valence-corrected chi connectivity index (χ4v) is 3.00. The van der Waals surface area contributed by atoms with Crippen LogP contribution >= 0.6 is 11.6 Å². The molecule has 3 nitrogen and oxygen atoms in total. The Labute approximate surface area is 126 Å². The molecule has 1 aromatic rings. The Kier molecular flexibility index (Phi) is 5.06. The number of aryl methyl sites for hydroxylation is 1. The van der Waals surface area contributed by atoms with E-state index in [4.69, 9.17) is 11.6 Å². The first kappa shape index (κ1) is 15.3. The molecule has 1 heterocycles. The van der Waals surface area contributed by atoms with Crippen LogP contribution in [0.1, 0.15) is 42.6 Å². The van der Waals surface area contributed by atoms with Crippen molar-refractivity contribution in [3.05, 3.63) is 34.3 Å². The monoisotopic (exact) mass is 294 g/mol. The van der Waals surface area contributed by atoms with Crippen LogP contribution < -0.4 is 5.32 Å². The Morgan fingerprint density at radius 2 is 2.15 bits per heavy atom. The summed E-state index contributed by atoms with van der Waals surface area (Å²) >= 11 is 5.97. The zero-order valence-corrected chi connectivity index (χ0v) is 13.2. The molecule has 0 aromatic heterocycles. The van der Waals surface area contributed by atoms with Crippen molar-refractivity contribution in [2.24, 2.45) is 0 Å². The molecule has 0 spiro atoms. The molecule has 1 amide bonds. The number of nitrogens with one attached hydrogen (secondary N) is 1. The van der Waals surface area contributed by atoms with Crippen LogP contribution in [0, 0.1) is 6.92 Å². The van der Waals surface area contributed by atoms with Gasteiger partial charge in [-0.05, 0) is 43.5 Å². The minimum Gasteiger partial charge on any atom is -0.333 e. The number of halogens is 1. The summed E-state index contributed by atoms with van der Waals surface area (Å²) in [6.07, 6.45) is 2.02. The third-order valence-electron chi connectivity index (χ3n) is 4.14. The van der Waals surface area contributed by atoms with Crippen LogP contribution in [0.4, 0.5) is 0 Å². The first-order valence-electron chi connectivity index (χ1n) is 7.37. The maximum atomic E-state index is 12.8. The second-order valence-electron chi connectivity index (χ2n) is 5.49. The summed E-state index contributed by atoms with van der Waals surface area (Å²) in [5, 5.41) is 4.19. The highest BCUT2D eigenvalue weighted by Gasteiger charge is 2.30. The molecular weight excluding hydrogens is 272 g/mol. The van der Waals surface area contributed by atoms with Crippen molar-refractivity contribution in [1.82, 2.24) is 10.2 Å². The van der Waals surface area contributed by atoms with E-state index in [1.54, 1.807) is 6.07 Å². The molecule has 0 aliphatic carbocycles. The SMILES string of the molecule is CCC1CN(C(=O)c2ccc(Cl)cc2C)C(CC)CN1. The Balaban J connectivity index is 2.24. The topological polar surface area (TPSA) is 32.3 Å². The highest BCUT2D eigenvalue weighted by atomic mass is 35.5. The van der Waals surface area contributed by atoms with E-state index in [1.807, 2.05) is 24.0 Å². The van der Waals surface area contributed by atoms with Gasteiger partial charge in [0.05, 0.1) is 0 Å². The van der Waals surface area contributed by atoms with Gasteiger partial charge in [-0.25, -0.2) is 0 Å². The van der Waals surface area contributed by atoms with Crippen LogP contribution in [0.2, 0.25) is 5.02 Å². The van der Waals surface area contributed by atoms with Crippen molar-refractivity contribution >= 4 is 17.5 Å². The molecule has 1 N–H and O–H groups in total. The Hall–Kier alpha value is -1.06. The Morgan fingerprint density at radius 1 is 1.40 bits per heavy atom. The van der Waals surface area contributed by atoms with Crippen molar-refractivity contribution in [3.63, 3.8) is 0 Å². The largest absolute Gasteiger partial charge is 0.333 e. The van der Waals surface area contributed by atoms with Crippen LogP contribution in [-0.4, -0.2) is 36.0 Å². The van der Waals surface area contributed by atoms with E-state index >= 15 is 0 Å². The number of hydrogen-bond acceptors (Lipinski definition) is 2. The van der Waals surface area contributed by atoms with Crippen LogP contribution in [-0.2, 0) is 0 Å². The van der Waals surface area contributed by atoms with Gasteiger partial charge in [-0.15, -0.1) is 0 Å². The van der Waals surface area contributed by atoms with Crippen molar-refractivity contribution < 1.29 is 4.79 Å². The minimum absolute atomic E-state index is 0.131. The van der Waals surface area contributed by atoms with Gasteiger partial charge in [0.15, 0.2) is 0 Å². The Morgan fingerprint density at radius 3 is 2.75 bits per heavy atom. The van der Waals surface area contributed by atoms with Crippen LogP contribution in [0.15, 0.2) is 18.2 Å². The lowest BCUT2D eigenvalue weighted by Crippen LogP contribution is -2.58. The highest BCUT2D eigenvalue weighted by Crippen LogP contribution is 2.20. The van der Waals surface area contributed by atoms with Gasteiger partial charge in [-0.1, -0.05) is 25.4 Å². The van der Waals surface area contributed by atoms with Crippen molar-refractivity contribution in [2.75, 3.05) is 13.1 Å². The number of nitrogens with zero attached hydrogens (tertiary/aromatic N) is 1. The minimum atomic E-state index is 0.131. The van der Waals surface area contributed by atoms with Gasteiger partial charge in [0.2, 0.25) is 0 Å². The zero-order valence-electron chi connectivity index (χ0n) is 12.4. The number of benzene rings is 1. The average Bonchev–Trinajstić information content (AvgIpc) is 2.46. The molecule has 2 atom stereocenters. The first-order chi connectivity index (χ1) is 9.56. The van der Waals surface area contributed by atoms with E-state index in [0.29, 0.717) is 11.1 Å². The quantitative estimate of drug-likeness (QED) is 0.928. The number of carbonyl (C=O) groups excluding carboxylic acids is 1. The van der Waals surface area contributed by atoms with Gasteiger partial charge in [0.1, 0.15) is 0 Å². The summed E-state index contributed by atoms with van der Waals surface area (Å²) in [5.74, 6) is 0.131. The molecular formula is C16H23ClN2O. The molecule has 110 valence electrons. The van der Waals surface area contributed by atoms with E-state index in [0.717, 1.165) is 37.1 Å². The maximum absolute atomic E-state index is 12.8. The van der Waals surface area contributed by atoms with E-state index in [1.165, 1.54) is 0 Å². The predicted molar refractivity (Wildman–Crippen MR) is 83.4 cm³/mol. The third kappa shape index (κ3) is 3.15. The highest BCUT2D eigenvalue weighted by molar-refractivity contribution is 6.30. The smallest absolute Gasteiger partial charge is 0.254 e. The second-order valence-corrected chi connectivity index (χ2v) is 5.93. The fourth-order valence-electron chi connectivity index (χ4n) is 2.77. The summed E-state index contributed by atoms with van der Waals surface area (Å²) in [5.41, 5.74) is 1.72. The van der Waals surface area contributed by atoms with Crippen LogP contribution in [0.3, 0.4) is 0 Å². The lowest BCUT2D eigenvalue weighted by Gasteiger charge is -2.40. The number of amides is 1. The molecule has 1 aliphatic rings. The summed E-state index contributed by atoms with van der Waals surface area (Å²) in [6.45, 7) is 7.90. The van der Waals surface area contributed by atoms with Gasteiger partial charge < -0.3 is 10.2 Å². The second kappa shape index (κ2) is 6.59. The van der Waals surface area contributed by atoms with Gasteiger partial charge >= 0.3 is 0 Å². The molecule has 0 radical (unpaired) electrons. The number of piperazine rings is 1. The van der Waals surface area contributed by atoms with Crippen LogP contribution in [0.25, 0.3) is 0 Å². The third-order valence-corrected chi connectivity index (χ3v) is 4.38. The standard InChI is InChI=1S/C16H23ClN2O/c1-4-13-10-19(14(5-2)9-18-13)16(20)15-7-6-12(17)8-11(15)3/h6-8,13-14,18H,4-5,9-10H2,1-3H3. The van der Waals surface area contributed by atoms with Gasteiger partial charge in [0.25, 0.3) is 5.91 Å². The van der Waals surface area contributed by atoms with Gasteiger partial charge in [-0.2, -0.15) is 0 Å². The molecule has 1 aliphatic heterocycles. The van der Waals surface area contributed by atoms with E-state index < -0.39 is 0 Å².